The number of halogens is 1. The summed E-state index contributed by atoms with van der Waals surface area (Å²) in [5.41, 5.74) is 0.279. The Hall–Kier alpha value is -0.610. The van der Waals surface area contributed by atoms with E-state index in [1.54, 1.807) is 19.0 Å². The summed E-state index contributed by atoms with van der Waals surface area (Å²) in [6, 6.07) is 0. The number of rotatable bonds is 8. The van der Waals surface area contributed by atoms with Gasteiger partial charge in [-0.1, -0.05) is 33.1 Å². The quantitative estimate of drug-likeness (QED) is 0.290. The largest absolute Gasteiger partial charge is 0.379 e. The van der Waals surface area contributed by atoms with Gasteiger partial charge in [0.05, 0.1) is 13.2 Å². The third-order valence-electron chi connectivity index (χ3n) is 5.76. The Bertz CT molecular complexity index is 501. The highest BCUT2D eigenvalue weighted by Gasteiger charge is 2.34. The molecular weight excluding hydrogens is 481 g/mol. The molecule has 0 aromatic carbocycles. The molecule has 1 heterocycles. The van der Waals surface area contributed by atoms with Crippen molar-refractivity contribution in [1.82, 2.24) is 20.4 Å². The fraction of sp³-hybridized carbons (Fsp3) is 0.905. The normalized spacial score (nSPS) is 20.1. The summed E-state index contributed by atoms with van der Waals surface area (Å²) in [4.78, 5) is 20.7. The van der Waals surface area contributed by atoms with Crippen molar-refractivity contribution in [3.05, 3.63) is 0 Å². The number of hydrogen-bond acceptors (Lipinski definition) is 4. The number of carbonyl (C=O) groups is 1. The van der Waals surface area contributed by atoms with Crippen LogP contribution in [0.2, 0.25) is 0 Å². The van der Waals surface area contributed by atoms with Gasteiger partial charge in [-0.05, 0) is 18.8 Å². The van der Waals surface area contributed by atoms with Crippen LogP contribution in [-0.2, 0) is 9.53 Å². The lowest BCUT2D eigenvalue weighted by molar-refractivity contribution is -0.127. The third-order valence-corrected chi connectivity index (χ3v) is 5.76. The Kier molecular flexibility index (Phi) is 12.4. The van der Waals surface area contributed by atoms with E-state index in [0.717, 1.165) is 51.9 Å². The van der Waals surface area contributed by atoms with Crippen LogP contribution in [0.1, 0.15) is 46.0 Å². The zero-order valence-corrected chi connectivity index (χ0v) is 21.2. The highest BCUT2D eigenvalue weighted by Crippen LogP contribution is 2.36. The second-order valence-electron chi connectivity index (χ2n) is 9.03. The van der Waals surface area contributed by atoms with E-state index in [1.807, 2.05) is 0 Å². The molecule has 0 aromatic heterocycles. The summed E-state index contributed by atoms with van der Waals surface area (Å²) in [5, 5.41) is 6.99. The summed E-state index contributed by atoms with van der Waals surface area (Å²) < 4.78 is 5.53. The number of ether oxygens (including phenoxy) is 1. The third kappa shape index (κ3) is 9.83. The average molecular weight is 524 g/mol. The van der Waals surface area contributed by atoms with Crippen LogP contribution in [0.25, 0.3) is 0 Å². The summed E-state index contributed by atoms with van der Waals surface area (Å²) >= 11 is 0. The summed E-state index contributed by atoms with van der Waals surface area (Å²) in [5.74, 6) is 1.30. The number of nitrogens with one attached hydrogen (secondary N) is 2. The molecular formula is C21H42IN5O2. The van der Waals surface area contributed by atoms with Crippen molar-refractivity contribution in [3.63, 3.8) is 0 Å². The molecule has 170 valence electrons. The highest BCUT2D eigenvalue weighted by atomic mass is 127. The maximum Gasteiger partial charge on any atom is 0.243 e. The van der Waals surface area contributed by atoms with Crippen LogP contribution in [0.15, 0.2) is 4.99 Å². The van der Waals surface area contributed by atoms with Crippen LogP contribution in [0.4, 0.5) is 0 Å². The Morgan fingerprint density at radius 3 is 2.38 bits per heavy atom. The topological polar surface area (TPSA) is 69.2 Å². The number of morpholine rings is 1. The Morgan fingerprint density at radius 2 is 1.79 bits per heavy atom. The number of amides is 1. The van der Waals surface area contributed by atoms with Gasteiger partial charge in [0.25, 0.3) is 0 Å². The zero-order valence-electron chi connectivity index (χ0n) is 18.8. The van der Waals surface area contributed by atoms with E-state index in [0.29, 0.717) is 5.92 Å². The van der Waals surface area contributed by atoms with Gasteiger partial charge >= 0.3 is 0 Å². The minimum Gasteiger partial charge on any atom is -0.379 e. The van der Waals surface area contributed by atoms with Gasteiger partial charge in [0, 0.05) is 52.2 Å². The first kappa shape index (κ1) is 26.4. The Labute approximate surface area is 194 Å². The number of nitrogens with zero attached hydrogens (tertiary/aromatic N) is 3. The van der Waals surface area contributed by atoms with Gasteiger partial charge < -0.3 is 20.3 Å². The molecule has 0 atom stereocenters. The Balaban J connectivity index is 0.00000420. The van der Waals surface area contributed by atoms with Crippen molar-refractivity contribution in [3.8, 4) is 0 Å². The predicted molar refractivity (Wildman–Crippen MR) is 130 cm³/mol. The molecule has 0 bridgehead atoms. The van der Waals surface area contributed by atoms with E-state index in [1.165, 1.54) is 32.1 Å². The van der Waals surface area contributed by atoms with Crippen molar-refractivity contribution >= 4 is 35.8 Å². The minimum atomic E-state index is 0. The lowest BCUT2D eigenvalue weighted by Crippen LogP contribution is -2.51. The Morgan fingerprint density at radius 1 is 1.14 bits per heavy atom. The van der Waals surface area contributed by atoms with Crippen LogP contribution < -0.4 is 10.6 Å². The van der Waals surface area contributed by atoms with E-state index < -0.39 is 0 Å². The molecule has 0 radical (unpaired) electrons. The second-order valence-corrected chi connectivity index (χ2v) is 9.03. The molecule has 2 aliphatic rings. The highest BCUT2D eigenvalue weighted by molar-refractivity contribution is 14.0. The van der Waals surface area contributed by atoms with Crippen LogP contribution in [0.3, 0.4) is 0 Å². The molecule has 2 rings (SSSR count). The lowest BCUT2D eigenvalue weighted by Gasteiger charge is -2.42. The smallest absolute Gasteiger partial charge is 0.243 e. The van der Waals surface area contributed by atoms with E-state index in [9.17, 15) is 4.79 Å². The number of aliphatic imine (C=N–C) groups is 1. The van der Waals surface area contributed by atoms with Gasteiger partial charge in [-0.25, -0.2) is 4.99 Å². The maximum atomic E-state index is 12.0. The van der Waals surface area contributed by atoms with Gasteiger partial charge in [-0.2, -0.15) is 0 Å². The molecule has 8 heteroatoms. The van der Waals surface area contributed by atoms with E-state index >= 15 is 0 Å². The summed E-state index contributed by atoms with van der Waals surface area (Å²) in [6.45, 7) is 11.2. The molecule has 1 aliphatic carbocycles. The first-order chi connectivity index (χ1) is 13.4. The van der Waals surface area contributed by atoms with Crippen molar-refractivity contribution in [2.75, 3.05) is 66.6 Å². The van der Waals surface area contributed by atoms with Crippen molar-refractivity contribution in [1.29, 1.82) is 0 Å². The molecule has 1 saturated heterocycles. The van der Waals surface area contributed by atoms with Gasteiger partial charge in [-0.3, -0.25) is 9.69 Å². The molecule has 0 aromatic rings. The molecule has 1 saturated carbocycles. The fourth-order valence-electron chi connectivity index (χ4n) is 3.96. The second kappa shape index (κ2) is 13.6. The summed E-state index contributed by atoms with van der Waals surface area (Å²) in [6.07, 6.45) is 6.46. The zero-order chi connectivity index (χ0) is 20.4. The minimum absolute atomic E-state index is 0. The van der Waals surface area contributed by atoms with Crippen LogP contribution >= 0.6 is 24.0 Å². The van der Waals surface area contributed by atoms with Crippen molar-refractivity contribution in [2.45, 2.75) is 46.0 Å². The van der Waals surface area contributed by atoms with Gasteiger partial charge in [0.1, 0.15) is 6.54 Å². The molecule has 2 fully saturated rings. The van der Waals surface area contributed by atoms with Crippen LogP contribution in [-0.4, -0.2) is 88.2 Å². The van der Waals surface area contributed by atoms with Crippen LogP contribution in [0, 0.1) is 11.3 Å². The van der Waals surface area contributed by atoms with Crippen LogP contribution in [0.5, 0.6) is 0 Å². The fourth-order valence-corrected chi connectivity index (χ4v) is 3.96. The van der Waals surface area contributed by atoms with E-state index in [-0.39, 0.29) is 41.8 Å². The number of hydrogen-bond donors (Lipinski definition) is 2. The maximum absolute atomic E-state index is 12.0. The van der Waals surface area contributed by atoms with Gasteiger partial charge in [0.2, 0.25) is 5.91 Å². The molecule has 2 N–H and O–H groups in total. The van der Waals surface area contributed by atoms with E-state index in [4.69, 9.17) is 4.74 Å². The lowest BCUT2D eigenvalue weighted by atomic mass is 9.73. The summed E-state index contributed by atoms with van der Waals surface area (Å²) in [7, 11) is 3.54. The predicted octanol–water partition coefficient (Wildman–Crippen LogP) is 2.17. The van der Waals surface area contributed by atoms with E-state index in [2.05, 4.69) is 34.4 Å². The van der Waals surface area contributed by atoms with Crippen molar-refractivity contribution in [2.24, 2.45) is 16.3 Å². The molecule has 0 spiro atoms. The van der Waals surface area contributed by atoms with Gasteiger partial charge in [0.15, 0.2) is 5.96 Å². The van der Waals surface area contributed by atoms with Gasteiger partial charge in [-0.15, -0.1) is 24.0 Å². The molecule has 0 unspecified atom stereocenters. The first-order valence-electron chi connectivity index (χ1n) is 10.9. The first-order valence-corrected chi connectivity index (χ1v) is 10.9. The average Bonchev–Trinajstić information content (AvgIpc) is 2.68. The van der Waals surface area contributed by atoms with Crippen molar-refractivity contribution < 1.29 is 9.53 Å². The molecule has 29 heavy (non-hydrogen) atoms. The SMILES string of the molecule is CC(C)CNC(=NCC(=O)N(C)C)NCC1(CN2CCOCC2)CCCCC1.I. The number of likely N-dealkylation sites (N-methyl/N-ethyl adjacent to an activating group) is 1. The monoisotopic (exact) mass is 523 g/mol. The number of carbonyl (C=O) groups excluding carboxylic acids is 1. The molecule has 1 aliphatic heterocycles. The standard InChI is InChI=1S/C21H41N5O2.HI/c1-18(2)14-22-20(23-15-19(27)25(3)4)24-16-21(8-6-5-7-9-21)17-26-10-12-28-13-11-26;/h18H,5-17H2,1-4H3,(H2,22,23,24);1H. The molecule has 1 amide bonds. The molecule has 7 nitrogen and oxygen atoms in total. The number of guanidine groups is 1.